The SMILES string of the molecule is CON(C)C(=O)c1ccc(NC(=O)/C=C\c2c(F)cccc2F)cc1. The lowest BCUT2D eigenvalue weighted by atomic mass is 10.1. The molecule has 0 saturated heterocycles. The molecule has 0 aliphatic heterocycles. The van der Waals surface area contributed by atoms with Gasteiger partial charge < -0.3 is 5.32 Å². The van der Waals surface area contributed by atoms with Crippen molar-refractivity contribution in [3.63, 3.8) is 0 Å². The molecular weight excluding hydrogens is 330 g/mol. The number of halogens is 2. The van der Waals surface area contributed by atoms with Crippen LogP contribution < -0.4 is 5.32 Å². The lowest BCUT2D eigenvalue weighted by Gasteiger charge is -2.13. The zero-order chi connectivity index (χ0) is 18.4. The first-order valence-corrected chi connectivity index (χ1v) is 7.27. The molecule has 5 nitrogen and oxygen atoms in total. The minimum absolute atomic E-state index is 0.291. The normalized spacial score (nSPS) is 10.7. The highest BCUT2D eigenvalue weighted by molar-refractivity contribution is 6.02. The molecule has 2 aromatic carbocycles. The van der Waals surface area contributed by atoms with Crippen LogP contribution in [0.15, 0.2) is 48.5 Å². The first-order valence-electron chi connectivity index (χ1n) is 7.27. The number of nitrogens with zero attached hydrogens (tertiary/aromatic N) is 1. The van der Waals surface area contributed by atoms with Crippen LogP contribution in [0.1, 0.15) is 15.9 Å². The van der Waals surface area contributed by atoms with Crippen LogP contribution in [0.4, 0.5) is 14.5 Å². The molecule has 130 valence electrons. The zero-order valence-electron chi connectivity index (χ0n) is 13.6. The molecule has 0 fully saturated rings. The summed E-state index contributed by atoms with van der Waals surface area (Å²) >= 11 is 0. The smallest absolute Gasteiger partial charge is 0.277 e. The third-order valence-electron chi connectivity index (χ3n) is 3.36. The average molecular weight is 346 g/mol. The highest BCUT2D eigenvalue weighted by Gasteiger charge is 2.11. The van der Waals surface area contributed by atoms with E-state index >= 15 is 0 Å². The first kappa shape index (κ1) is 18.3. The highest BCUT2D eigenvalue weighted by Crippen LogP contribution is 2.15. The van der Waals surface area contributed by atoms with Gasteiger partial charge in [0.2, 0.25) is 5.91 Å². The molecule has 0 radical (unpaired) electrons. The van der Waals surface area contributed by atoms with E-state index in [1.165, 1.54) is 44.5 Å². The molecule has 0 aromatic heterocycles. The molecule has 7 heteroatoms. The van der Waals surface area contributed by atoms with E-state index < -0.39 is 17.5 Å². The molecule has 1 N–H and O–H groups in total. The molecule has 0 saturated carbocycles. The summed E-state index contributed by atoms with van der Waals surface area (Å²) in [7, 11) is 2.85. The van der Waals surface area contributed by atoms with Gasteiger partial charge in [0.1, 0.15) is 11.6 Å². The summed E-state index contributed by atoms with van der Waals surface area (Å²) in [5.74, 6) is -2.41. The van der Waals surface area contributed by atoms with Crippen LogP contribution in [0.2, 0.25) is 0 Å². The van der Waals surface area contributed by atoms with Gasteiger partial charge >= 0.3 is 0 Å². The molecule has 0 bridgehead atoms. The molecule has 2 amide bonds. The summed E-state index contributed by atoms with van der Waals surface area (Å²) in [4.78, 5) is 28.5. The van der Waals surface area contributed by atoms with Crippen molar-refractivity contribution in [2.75, 3.05) is 19.5 Å². The molecule has 0 heterocycles. The van der Waals surface area contributed by atoms with Crippen molar-refractivity contribution in [2.24, 2.45) is 0 Å². The maximum absolute atomic E-state index is 13.5. The van der Waals surface area contributed by atoms with Gasteiger partial charge in [-0.1, -0.05) is 6.07 Å². The Morgan fingerprint density at radius 1 is 1.08 bits per heavy atom. The maximum Gasteiger partial charge on any atom is 0.277 e. The molecular formula is C18H16F2N2O3. The standard InChI is InChI=1S/C18H16F2N2O3/c1-22(25-2)18(24)12-6-8-13(9-7-12)21-17(23)11-10-14-15(19)4-3-5-16(14)20/h3-11H,1-2H3,(H,21,23)/b11-10-. The average Bonchev–Trinajstić information content (AvgIpc) is 2.60. The van der Waals surface area contributed by atoms with E-state index in [9.17, 15) is 18.4 Å². The summed E-state index contributed by atoms with van der Waals surface area (Å²) in [6.45, 7) is 0. The maximum atomic E-state index is 13.5. The van der Waals surface area contributed by atoms with E-state index in [2.05, 4.69) is 5.32 Å². The predicted molar refractivity (Wildman–Crippen MR) is 89.6 cm³/mol. The number of carbonyl (C=O) groups excluding carboxylic acids is 2. The Balaban J connectivity index is 2.03. The number of carbonyl (C=O) groups is 2. The fourth-order valence-corrected chi connectivity index (χ4v) is 1.97. The fourth-order valence-electron chi connectivity index (χ4n) is 1.97. The quantitative estimate of drug-likeness (QED) is 0.668. The van der Waals surface area contributed by atoms with Crippen molar-refractivity contribution in [3.8, 4) is 0 Å². The molecule has 2 rings (SSSR count). The van der Waals surface area contributed by atoms with E-state index in [0.717, 1.165) is 29.3 Å². The van der Waals surface area contributed by atoms with Crippen LogP contribution in [0, 0.1) is 11.6 Å². The predicted octanol–water partition coefficient (Wildman–Crippen LogP) is 3.25. The topological polar surface area (TPSA) is 58.6 Å². The van der Waals surface area contributed by atoms with Gasteiger partial charge in [0.25, 0.3) is 5.91 Å². The van der Waals surface area contributed by atoms with Crippen molar-refractivity contribution in [2.45, 2.75) is 0 Å². The number of amides is 2. The second kappa shape index (κ2) is 8.16. The molecule has 0 aliphatic carbocycles. The van der Waals surface area contributed by atoms with Crippen LogP contribution in [-0.4, -0.2) is 31.0 Å². The van der Waals surface area contributed by atoms with Gasteiger partial charge in [0, 0.05) is 29.9 Å². The highest BCUT2D eigenvalue weighted by atomic mass is 19.1. The molecule has 2 aromatic rings. The van der Waals surface area contributed by atoms with Crippen molar-refractivity contribution in [1.82, 2.24) is 5.06 Å². The third-order valence-corrected chi connectivity index (χ3v) is 3.36. The van der Waals surface area contributed by atoms with Gasteiger partial charge in [-0.15, -0.1) is 0 Å². The van der Waals surface area contributed by atoms with Crippen LogP contribution in [-0.2, 0) is 9.63 Å². The minimum Gasteiger partial charge on any atom is -0.323 e. The number of hydroxylamine groups is 2. The molecule has 25 heavy (non-hydrogen) atoms. The summed E-state index contributed by atoms with van der Waals surface area (Å²) in [6.07, 6.45) is 2.09. The second-order valence-electron chi connectivity index (χ2n) is 5.02. The number of hydrogen-bond acceptors (Lipinski definition) is 3. The Kier molecular flexibility index (Phi) is 5.97. The van der Waals surface area contributed by atoms with Crippen LogP contribution in [0.5, 0.6) is 0 Å². The van der Waals surface area contributed by atoms with Gasteiger partial charge in [-0.2, -0.15) is 0 Å². The lowest BCUT2D eigenvalue weighted by Crippen LogP contribution is -2.25. The summed E-state index contributed by atoms with van der Waals surface area (Å²) in [5.41, 5.74) is 0.521. The third kappa shape index (κ3) is 4.71. The van der Waals surface area contributed by atoms with E-state index in [-0.39, 0.29) is 11.5 Å². The Labute approximate surface area is 143 Å². The second-order valence-corrected chi connectivity index (χ2v) is 5.02. The van der Waals surface area contributed by atoms with Crippen LogP contribution in [0.3, 0.4) is 0 Å². The van der Waals surface area contributed by atoms with E-state index in [0.29, 0.717) is 11.3 Å². The Bertz CT molecular complexity index is 784. The monoisotopic (exact) mass is 346 g/mol. The van der Waals surface area contributed by atoms with Crippen LogP contribution in [0.25, 0.3) is 6.08 Å². The Morgan fingerprint density at radius 3 is 2.24 bits per heavy atom. The number of hydrogen-bond donors (Lipinski definition) is 1. The summed E-state index contributed by atoms with van der Waals surface area (Å²) in [5, 5.41) is 3.60. The minimum atomic E-state index is -0.755. The first-order chi connectivity index (χ1) is 11.9. The molecule has 0 atom stereocenters. The molecule has 0 aliphatic rings. The summed E-state index contributed by atoms with van der Waals surface area (Å²) in [6, 6.07) is 9.56. The number of benzene rings is 2. The summed E-state index contributed by atoms with van der Waals surface area (Å²) < 4.78 is 26.9. The van der Waals surface area contributed by atoms with Crippen molar-refractivity contribution >= 4 is 23.6 Å². The Morgan fingerprint density at radius 2 is 1.68 bits per heavy atom. The largest absolute Gasteiger partial charge is 0.323 e. The van der Waals surface area contributed by atoms with E-state index in [1.807, 2.05) is 0 Å². The van der Waals surface area contributed by atoms with Crippen molar-refractivity contribution in [1.29, 1.82) is 0 Å². The van der Waals surface area contributed by atoms with Crippen molar-refractivity contribution in [3.05, 3.63) is 71.3 Å². The van der Waals surface area contributed by atoms with Gasteiger partial charge in [-0.05, 0) is 42.5 Å². The number of rotatable bonds is 5. The van der Waals surface area contributed by atoms with Crippen LogP contribution >= 0.6 is 0 Å². The lowest BCUT2D eigenvalue weighted by molar-refractivity contribution is -0.111. The van der Waals surface area contributed by atoms with Gasteiger partial charge in [-0.25, -0.2) is 13.8 Å². The number of anilines is 1. The van der Waals surface area contributed by atoms with Crippen molar-refractivity contribution < 1.29 is 23.2 Å². The van der Waals surface area contributed by atoms with Gasteiger partial charge in [-0.3, -0.25) is 14.4 Å². The molecule has 0 spiro atoms. The zero-order valence-corrected chi connectivity index (χ0v) is 13.6. The van der Waals surface area contributed by atoms with E-state index in [1.54, 1.807) is 0 Å². The van der Waals surface area contributed by atoms with Gasteiger partial charge in [0.15, 0.2) is 0 Å². The fraction of sp³-hybridized carbons (Fsp3) is 0.111. The Hall–Kier alpha value is -3.06. The van der Waals surface area contributed by atoms with Gasteiger partial charge in [0.05, 0.1) is 7.11 Å². The molecule has 0 unspecified atom stereocenters. The van der Waals surface area contributed by atoms with E-state index in [4.69, 9.17) is 4.84 Å². The number of nitrogens with one attached hydrogen (secondary N) is 1.